The highest BCUT2D eigenvalue weighted by Crippen LogP contribution is 2.29. The molecular weight excluding hydrogens is 384 g/mol. The van der Waals surface area contributed by atoms with Gasteiger partial charge in [0, 0.05) is 18.8 Å². The van der Waals surface area contributed by atoms with Gasteiger partial charge in [-0.05, 0) is 24.3 Å². The first-order valence-corrected chi connectivity index (χ1v) is 9.37. The molecule has 0 atom stereocenters. The Hall–Kier alpha value is -3.02. The Kier molecular flexibility index (Phi) is 4.94. The third-order valence-electron chi connectivity index (χ3n) is 4.43. The molecule has 0 saturated carbocycles. The molecule has 4 rings (SSSR count). The lowest BCUT2D eigenvalue weighted by Crippen LogP contribution is -2.36. The third kappa shape index (κ3) is 3.42. The van der Waals surface area contributed by atoms with E-state index in [1.165, 1.54) is 11.3 Å². The van der Waals surface area contributed by atoms with Crippen LogP contribution in [0.25, 0.3) is 10.2 Å². The van der Waals surface area contributed by atoms with Crippen LogP contribution >= 0.6 is 11.3 Å². The SMILES string of the molecule is C#Cc1cccc2sc(NC(=O)c3c(F)cc(N4CCOCC4)cc3F)nc12. The molecular formula is C20H15F2N3O2S. The number of nitrogens with zero attached hydrogens (tertiary/aromatic N) is 2. The molecule has 1 amide bonds. The molecule has 0 bridgehead atoms. The zero-order valence-electron chi connectivity index (χ0n) is 14.7. The fourth-order valence-corrected chi connectivity index (χ4v) is 3.95. The van der Waals surface area contributed by atoms with Gasteiger partial charge in [0.15, 0.2) is 5.13 Å². The summed E-state index contributed by atoms with van der Waals surface area (Å²) in [6.07, 6.45) is 5.45. The van der Waals surface area contributed by atoms with Crippen LogP contribution in [0.1, 0.15) is 15.9 Å². The highest BCUT2D eigenvalue weighted by Gasteiger charge is 2.22. The van der Waals surface area contributed by atoms with E-state index in [9.17, 15) is 13.6 Å². The molecule has 0 radical (unpaired) electrons. The number of amides is 1. The van der Waals surface area contributed by atoms with Gasteiger partial charge in [-0.2, -0.15) is 0 Å². The number of fused-ring (bicyclic) bond motifs is 1. The van der Waals surface area contributed by atoms with Crippen molar-refractivity contribution in [2.45, 2.75) is 0 Å². The Morgan fingerprint density at radius 3 is 2.64 bits per heavy atom. The molecule has 1 aliphatic rings. The van der Waals surface area contributed by atoms with Crippen LogP contribution in [0.5, 0.6) is 0 Å². The fourth-order valence-electron chi connectivity index (χ4n) is 3.06. The van der Waals surface area contributed by atoms with Crippen molar-refractivity contribution in [3.05, 3.63) is 53.1 Å². The molecule has 1 saturated heterocycles. The number of carbonyl (C=O) groups excluding carboxylic acids is 1. The molecule has 1 N–H and O–H groups in total. The number of anilines is 2. The quantitative estimate of drug-likeness (QED) is 0.684. The summed E-state index contributed by atoms with van der Waals surface area (Å²) >= 11 is 1.18. The lowest BCUT2D eigenvalue weighted by atomic mass is 10.1. The average molecular weight is 399 g/mol. The molecule has 5 nitrogen and oxygen atoms in total. The van der Waals surface area contributed by atoms with Crippen molar-refractivity contribution in [1.82, 2.24) is 4.98 Å². The van der Waals surface area contributed by atoms with Crippen LogP contribution in [0.15, 0.2) is 30.3 Å². The monoisotopic (exact) mass is 399 g/mol. The number of ether oxygens (including phenoxy) is 1. The van der Waals surface area contributed by atoms with Gasteiger partial charge in [-0.15, -0.1) is 6.42 Å². The van der Waals surface area contributed by atoms with E-state index in [1.54, 1.807) is 12.1 Å². The molecule has 2 heterocycles. The molecule has 3 aromatic rings. The Balaban J connectivity index is 1.60. The standard InChI is InChI=1S/C20H15F2N3O2S/c1-2-12-4-3-5-16-18(12)23-20(28-16)24-19(26)17-14(21)10-13(11-15(17)22)25-6-8-27-9-7-25/h1,3-5,10-11H,6-9H2,(H,23,24,26). The molecule has 2 aromatic carbocycles. The minimum Gasteiger partial charge on any atom is -0.378 e. The molecule has 1 aliphatic heterocycles. The predicted octanol–water partition coefficient (Wildman–Crippen LogP) is 3.64. The van der Waals surface area contributed by atoms with E-state index in [1.807, 2.05) is 11.0 Å². The number of carbonyl (C=O) groups is 1. The molecule has 0 spiro atoms. The van der Waals surface area contributed by atoms with Crippen LogP contribution in [0.2, 0.25) is 0 Å². The Labute approximate surface area is 163 Å². The van der Waals surface area contributed by atoms with Crippen LogP contribution in [0, 0.1) is 24.0 Å². The molecule has 142 valence electrons. The van der Waals surface area contributed by atoms with Crippen molar-refractivity contribution >= 4 is 38.3 Å². The summed E-state index contributed by atoms with van der Waals surface area (Å²) in [6.45, 7) is 2.05. The highest BCUT2D eigenvalue weighted by atomic mass is 32.1. The fraction of sp³-hybridized carbons (Fsp3) is 0.200. The smallest absolute Gasteiger partial charge is 0.263 e. The van der Waals surface area contributed by atoms with Gasteiger partial charge in [0.2, 0.25) is 0 Å². The number of terminal acetylenes is 1. The van der Waals surface area contributed by atoms with Crippen molar-refractivity contribution in [3.63, 3.8) is 0 Å². The number of benzene rings is 2. The van der Waals surface area contributed by atoms with Gasteiger partial charge in [-0.25, -0.2) is 13.8 Å². The normalized spacial score (nSPS) is 14.1. The number of halogens is 2. The summed E-state index contributed by atoms with van der Waals surface area (Å²) in [7, 11) is 0. The van der Waals surface area contributed by atoms with E-state index in [0.29, 0.717) is 43.1 Å². The minimum absolute atomic E-state index is 0.221. The summed E-state index contributed by atoms with van der Waals surface area (Å²) in [4.78, 5) is 18.6. The maximum Gasteiger partial charge on any atom is 0.263 e. The van der Waals surface area contributed by atoms with Crippen molar-refractivity contribution in [2.75, 3.05) is 36.5 Å². The maximum atomic E-state index is 14.5. The molecule has 28 heavy (non-hydrogen) atoms. The lowest BCUT2D eigenvalue weighted by Gasteiger charge is -2.29. The van der Waals surface area contributed by atoms with E-state index < -0.39 is 23.1 Å². The van der Waals surface area contributed by atoms with Gasteiger partial charge >= 0.3 is 0 Å². The summed E-state index contributed by atoms with van der Waals surface area (Å²) < 4.78 is 35.1. The zero-order valence-corrected chi connectivity index (χ0v) is 15.5. The van der Waals surface area contributed by atoms with Gasteiger partial charge < -0.3 is 9.64 Å². The van der Waals surface area contributed by atoms with Crippen LogP contribution < -0.4 is 10.2 Å². The topological polar surface area (TPSA) is 54.5 Å². The highest BCUT2D eigenvalue weighted by molar-refractivity contribution is 7.22. The third-order valence-corrected chi connectivity index (χ3v) is 5.36. The van der Waals surface area contributed by atoms with E-state index in [-0.39, 0.29) is 5.13 Å². The van der Waals surface area contributed by atoms with Gasteiger partial charge in [-0.3, -0.25) is 10.1 Å². The van der Waals surface area contributed by atoms with Crippen LogP contribution in [0.4, 0.5) is 19.6 Å². The average Bonchev–Trinajstić information content (AvgIpc) is 3.10. The molecule has 0 unspecified atom stereocenters. The summed E-state index contributed by atoms with van der Waals surface area (Å²) in [6, 6.07) is 7.65. The van der Waals surface area contributed by atoms with E-state index >= 15 is 0 Å². The lowest BCUT2D eigenvalue weighted by molar-refractivity contribution is 0.101. The van der Waals surface area contributed by atoms with Gasteiger partial charge in [0.05, 0.1) is 29.0 Å². The van der Waals surface area contributed by atoms with Crippen LogP contribution in [0.3, 0.4) is 0 Å². The summed E-state index contributed by atoms with van der Waals surface area (Å²) in [5, 5.41) is 2.69. The van der Waals surface area contributed by atoms with E-state index in [2.05, 4.69) is 16.2 Å². The first-order valence-electron chi connectivity index (χ1n) is 8.56. The van der Waals surface area contributed by atoms with Crippen molar-refractivity contribution in [3.8, 4) is 12.3 Å². The Morgan fingerprint density at radius 2 is 1.96 bits per heavy atom. The second-order valence-corrected chi connectivity index (χ2v) is 7.18. The zero-order chi connectivity index (χ0) is 19.7. The molecule has 1 fully saturated rings. The largest absolute Gasteiger partial charge is 0.378 e. The number of nitrogens with one attached hydrogen (secondary N) is 1. The van der Waals surface area contributed by atoms with Crippen LogP contribution in [-0.2, 0) is 4.74 Å². The molecule has 1 aromatic heterocycles. The minimum atomic E-state index is -0.926. The van der Waals surface area contributed by atoms with Crippen molar-refractivity contribution < 1.29 is 18.3 Å². The van der Waals surface area contributed by atoms with Gasteiger partial charge in [-0.1, -0.05) is 23.3 Å². The number of hydrogen-bond donors (Lipinski definition) is 1. The van der Waals surface area contributed by atoms with Gasteiger partial charge in [0.25, 0.3) is 5.91 Å². The Morgan fingerprint density at radius 1 is 1.25 bits per heavy atom. The van der Waals surface area contributed by atoms with E-state index in [4.69, 9.17) is 11.2 Å². The van der Waals surface area contributed by atoms with Gasteiger partial charge in [0.1, 0.15) is 17.2 Å². The number of rotatable bonds is 3. The number of para-hydroxylation sites is 1. The second kappa shape index (κ2) is 7.54. The van der Waals surface area contributed by atoms with Crippen LogP contribution in [-0.4, -0.2) is 37.2 Å². The predicted molar refractivity (Wildman–Crippen MR) is 105 cm³/mol. The Bertz CT molecular complexity index is 1080. The summed E-state index contributed by atoms with van der Waals surface area (Å²) in [5.74, 6) is -0.229. The second-order valence-electron chi connectivity index (χ2n) is 6.15. The molecule has 8 heteroatoms. The first kappa shape index (κ1) is 18.3. The van der Waals surface area contributed by atoms with E-state index in [0.717, 1.165) is 16.8 Å². The number of hydrogen-bond acceptors (Lipinski definition) is 5. The molecule has 0 aliphatic carbocycles. The number of thiazole rings is 1. The maximum absolute atomic E-state index is 14.5. The van der Waals surface area contributed by atoms with Crippen molar-refractivity contribution in [2.24, 2.45) is 0 Å². The number of aromatic nitrogens is 1. The number of morpholine rings is 1. The first-order chi connectivity index (χ1) is 13.6. The van der Waals surface area contributed by atoms with Crippen molar-refractivity contribution in [1.29, 1.82) is 0 Å². The summed E-state index contributed by atoms with van der Waals surface area (Å²) in [5.41, 5.74) is 0.886.